The van der Waals surface area contributed by atoms with Crippen LogP contribution < -0.4 is 19.5 Å². The summed E-state index contributed by atoms with van der Waals surface area (Å²) in [5.74, 6) is 4.44. The number of hydrogen-bond acceptors (Lipinski definition) is 10. The molecule has 10 rings (SSSR count). The highest BCUT2D eigenvalue weighted by atomic mass is 16.5. The van der Waals surface area contributed by atoms with Gasteiger partial charge in [-0.1, -0.05) is 24.3 Å². The SMILES string of the molecule is CN1C=NN(c2cccc(Oc3ccc4c(c3)n(-c3ccccn3)c3c5ccc(Oc6cccc(N7CN(C)C=N7)c6)cc5n(-c5ccccn5)c43)c2)C1. The number of ether oxygens (including phenoxy) is 2. The highest BCUT2D eigenvalue weighted by Gasteiger charge is 2.24. The summed E-state index contributed by atoms with van der Waals surface area (Å²) in [4.78, 5) is 13.7. The third kappa shape index (κ3) is 5.48. The first-order valence-electron chi connectivity index (χ1n) is 17.6. The summed E-state index contributed by atoms with van der Waals surface area (Å²) in [6.07, 6.45) is 7.27. The molecule has 264 valence electrons. The van der Waals surface area contributed by atoms with Crippen LogP contribution in [-0.4, -0.2) is 69.0 Å². The van der Waals surface area contributed by atoms with E-state index in [0.717, 1.165) is 67.3 Å². The molecule has 4 aromatic carbocycles. The fraction of sp³-hybridized carbons (Fsp3) is 0.0952. The van der Waals surface area contributed by atoms with Gasteiger partial charge in [-0.05, 0) is 72.8 Å². The molecule has 12 heteroatoms. The van der Waals surface area contributed by atoms with E-state index in [9.17, 15) is 0 Å². The van der Waals surface area contributed by atoms with Crippen LogP contribution in [-0.2, 0) is 0 Å². The fourth-order valence-electron chi connectivity index (χ4n) is 7.17. The van der Waals surface area contributed by atoms with Gasteiger partial charge >= 0.3 is 0 Å². The van der Waals surface area contributed by atoms with Gasteiger partial charge in [0.15, 0.2) is 0 Å². The summed E-state index contributed by atoms with van der Waals surface area (Å²) in [6.45, 7) is 1.36. The predicted molar refractivity (Wildman–Crippen MR) is 213 cm³/mol. The van der Waals surface area contributed by atoms with Crippen molar-refractivity contribution >= 4 is 56.9 Å². The van der Waals surface area contributed by atoms with Crippen molar-refractivity contribution in [3.8, 4) is 34.6 Å². The minimum absolute atomic E-state index is 0.680. The highest BCUT2D eigenvalue weighted by Crippen LogP contribution is 2.43. The molecule has 0 aliphatic carbocycles. The van der Waals surface area contributed by atoms with Crippen molar-refractivity contribution in [1.82, 2.24) is 28.9 Å². The van der Waals surface area contributed by atoms with Crippen molar-refractivity contribution in [1.29, 1.82) is 0 Å². The lowest BCUT2D eigenvalue weighted by Crippen LogP contribution is -2.22. The summed E-state index contributed by atoms with van der Waals surface area (Å²) < 4.78 is 17.5. The van der Waals surface area contributed by atoms with E-state index in [1.807, 2.05) is 156 Å². The molecule has 0 fully saturated rings. The van der Waals surface area contributed by atoms with Crippen molar-refractivity contribution in [2.24, 2.45) is 10.2 Å². The van der Waals surface area contributed by atoms with E-state index in [-0.39, 0.29) is 0 Å². The number of pyridine rings is 2. The molecule has 2 aliphatic rings. The maximum Gasteiger partial charge on any atom is 0.137 e. The molecule has 12 nitrogen and oxygen atoms in total. The zero-order chi connectivity index (χ0) is 36.2. The van der Waals surface area contributed by atoms with E-state index in [1.165, 1.54) is 0 Å². The van der Waals surface area contributed by atoms with Gasteiger partial charge in [0.2, 0.25) is 0 Å². The Hall–Kier alpha value is -7.34. The first-order chi connectivity index (χ1) is 26.6. The minimum Gasteiger partial charge on any atom is -0.457 e. The van der Waals surface area contributed by atoms with Crippen molar-refractivity contribution < 1.29 is 9.47 Å². The number of benzene rings is 4. The summed E-state index contributed by atoms with van der Waals surface area (Å²) in [7, 11) is 4.00. The average Bonchev–Trinajstić information content (AvgIpc) is 3.99. The lowest BCUT2D eigenvalue weighted by atomic mass is 10.2. The Balaban J connectivity index is 1.12. The number of aromatic nitrogens is 4. The second kappa shape index (κ2) is 12.7. The van der Waals surface area contributed by atoms with Crippen LogP contribution in [0.25, 0.3) is 44.5 Å². The van der Waals surface area contributed by atoms with Crippen LogP contribution in [0, 0.1) is 0 Å². The molecule has 6 heterocycles. The summed E-state index contributed by atoms with van der Waals surface area (Å²) in [5.41, 5.74) is 5.83. The van der Waals surface area contributed by atoms with E-state index in [2.05, 4.69) is 43.6 Å². The standard InChI is InChI=1S/C42H34N10O2/c1-47-25-45-49(27-47)29-9-7-11-31(21-29)53-33-15-17-35-37(23-33)51(39-13-3-5-19-43-39)42-36-18-16-34(24-38(36)52(41(35)42)40-14-4-6-20-44-40)54-32-12-8-10-30(22-32)50-28-48(2)26-46-50/h3-26H,27-28H2,1-2H3. The second-order valence-electron chi connectivity index (χ2n) is 13.4. The Morgan fingerprint density at radius 1 is 0.481 bits per heavy atom. The lowest BCUT2D eigenvalue weighted by Gasteiger charge is -2.17. The van der Waals surface area contributed by atoms with Gasteiger partial charge in [0.25, 0.3) is 0 Å². The normalized spacial score (nSPS) is 14.0. The largest absolute Gasteiger partial charge is 0.457 e. The molecule has 8 aromatic rings. The van der Waals surface area contributed by atoms with Crippen molar-refractivity contribution in [2.45, 2.75) is 0 Å². The third-order valence-electron chi connectivity index (χ3n) is 9.55. The topological polar surface area (TPSA) is 91.8 Å². The van der Waals surface area contributed by atoms with Gasteiger partial charge in [-0.2, -0.15) is 10.2 Å². The Morgan fingerprint density at radius 3 is 1.35 bits per heavy atom. The van der Waals surface area contributed by atoms with Crippen LogP contribution in [0.5, 0.6) is 23.0 Å². The molecule has 0 radical (unpaired) electrons. The first kappa shape index (κ1) is 31.4. The zero-order valence-corrected chi connectivity index (χ0v) is 29.6. The Kier molecular flexibility index (Phi) is 7.39. The van der Waals surface area contributed by atoms with Crippen LogP contribution in [0.15, 0.2) is 144 Å². The molecule has 0 N–H and O–H groups in total. The summed E-state index contributed by atoms with van der Waals surface area (Å²) in [6, 6.07) is 40.3. The molecule has 0 saturated carbocycles. The maximum absolute atomic E-state index is 6.52. The van der Waals surface area contributed by atoms with Crippen molar-refractivity contribution in [3.05, 3.63) is 134 Å². The zero-order valence-electron chi connectivity index (χ0n) is 29.6. The molecule has 0 spiro atoms. The highest BCUT2D eigenvalue weighted by molar-refractivity contribution is 6.20. The number of rotatable bonds is 8. The Morgan fingerprint density at radius 2 is 0.944 bits per heavy atom. The number of fused-ring (bicyclic) bond motifs is 5. The molecule has 0 unspecified atom stereocenters. The van der Waals surface area contributed by atoms with Gasteiger partial charge in [0.1, 0.15) is 60.6 Å². The van der Waals surface area contributed by atoms with Crippen molar-refractivity contribution in [2.75, 3.05) is 37.5 Å². The summed E-state index contributed by atoms with van der Waals surface area (Å²) in [5, 5.41) is 14.9. The van der Waals surface area contributed by atoms with Crippen LogP contribution >= 0.6 is 0 Å². The third-order valence-corrected chi connectivity index (χ3v) is 9.55. The maximum atomic E-state index is 6.52. The van der Waals surface area contributed by atoms with E-state index in [0.29, 0.717) is 24.8 Å². The van der Waals surface area contributed by atoms with E-state index in [4.69, 9.17) is 19.4 Å². The molecular formula is C42H34N10O2. The molecule has 0 amide bonds. The quantitative estimate of drug-likeness (QED) is 0.155. The number of nitrogens with zero attached hydrogens (tertiary/aromatic N) is 10. The number of hydrogen-bond donors (Lipinski definition) is 0. The second-order valence-corrected chi connectivity index (χ2v) is 13.4. The van der Waals surface area contributed by atoms with E-state index < -0.39 is 0 Å². The molecule has 2 aliphatic heterocycles. The average molecular weight is 711 g/mol. The number of hydrazone groups is 2. The minimum atomic E-state index is 0.680. The molecule has 4 aromatic heterocycles. The van der Waals surface area contributed by atoms with Gasteiger partial charge < -0.3 is 19.3 Å². The molecular weight excluding hydrogens is 677 g/mol. The van der Waals surface area contributed by atoms with E-state index >= 15 is 0 Å². The van der Waals surface area contributed by atoms with E-state index in [1.54, 1.807) is 0 Å². The van der Waals surface area contributed by atoms with Crippen LogP contribution in [0.3, 0.4) is 0 Å². The molecule has 0 atom stereocenters. The summed E-state index contributed by atoms with van der Waals surface area (Å²) >= 11 is 0. The van der Waals surface area contributed by atoms with Gasteiger partial charge in [0, 0.05) is 61.5 Å². The van der Waals surface area contributed by atoms with Crippen LogP contribution in [0.2, 0.25) is 0 Å². The van der Waals surface area contributed by atoms with Crippen LogP contribution in [0.1, 0.15) is 0 Å². The monoisotopic (exact) mass is 710 g/mol. The molecule has 0 bridgehead atoms. The van der Waals surface area contributed by atoms with Crippen molar-refractivity contribution in [3.63, 3.8) is 0 Å². The van der Waals surface area contributed by atoms with Gasteiger partial charge in [-0.15, -0.1) is 0 Å². The van der Waals surface area contributed by atoms with Gasteiger partial charge in [-0.3, -0.25) is 9.13 Å². The number of anilines is 2. The first-order valence-corrected chi connectivity index (χ1v) is 17.6. The van der Waals surface area contributed by atoms with Gasteiger partial charge in [0.05, 0.1) is 33.4 Å². The lowest BCUT2D eigenvalue weighted by molar-refractivity contribution is 0.482. The molecule has 54 heavy (non-hydrogen) atoms. The molecule has 0 saturated heterocycles. The fourth-order valence-corrected chi connectivity index (χ4v) is 7.17. The predicted octanol–water partition coefficient (Wildman–Crippen LogP) is 8.41. The Labute approximate surface area is 310 Å². The smallest absolute Gasteiger partial charge is 0.137 e. The Bertz CT molecular complexity index is 2550. The van der Waals surface area contributed by atoms with Crippen LogP contribution in [0.4, 0.5) is 11.4 Å². The van der Waals surface area contributed by atoms with Gasteiger partial charge in [-0.25, -0.2) is 20.0 Å².